The Labute approximate surface area is 95.2 Å². The van der Waals surface area contributed by atoms with Gasteiger partial charge < -0.3 is 0 Å². The fraction of sp³-hybridized carbons (Fsp3) is 1.00. The van der Waals surface area contributed by atoms with Crippen molar-refractivity contribution >= 4 is 11.8 Å². The summed E-state index contributed by atoms with van der Waals surface area (Å²) in [5.41, 5.74) is 0.936. The zero-order valence-electron chi connectivity index (χ0n) is 11.1. The topological polar surface area (TPSA) is 0 Å². The average Bonchev–Trinajstić information content (AvgIpc) is 1.95. The van der Waals surface area contributed by atoms with E-state index in [1.54, 1.807) is 0 Å². The first-order chi connectivity index (χ1) is 6.19. The molecule has 86 valence electrons. The van der Waals surface area contributed by atoms with Crippen molar-refractivity contribution in [2.24, 2.45) is 16.7 Å². The molecule has 1 unspecified atom stereocenters. The maximum absolute atomic E-state index is 2.42. The molecule has 0 aromatic heterocycles. The lowest BCUT2D eigenvalue weighted by Gasteiger charge is -2.37. The second-order valence-electron chi connectivity index (χ2n) is 6.41. The van der Waals surface area contributed by atoms with Gasteiger partial charge in [-0.3, -0.25) is 0 Å². The Balaban J connectivity index is 4.15. The molecule has 1 heteroatoms. The highest BCUT2D eigenvalue weighted by atomic mass is 32.2. The third-order valence-corrected chi connectivity index (χ3v) is 3.72. The summed E-state index contributed by atoms with van der Waals surface area (Å²) in [4.78, 5) is 0. The van der Waals surface area contributed by atoms with Gasteiger partial charge >= 0.3 is 0 Å². The van der Waals surface area contributed by atoms with Crippen LogP contribution >= 0.6 is 11.8 Å². The second kappa shape index (κ2) is 5.44. The summed E-state index contributed by atoms with van der Waals surface area (Å²) in [5.74, 6) is 2.13. The van der Waals surface area contributed by atoms with Gasteiger partial charge in [-0.2, -0.15) is 11.8 Å². The molecule has 0 heterocycles. The molecule has 0 nitrogen and oxygen atoms in total. The van der Waals surface area contributed by atoms with Crippen LogP contribution in [0.5, 0.6) is 0 Å². The van der Waals surface area contributed by atoms with E-state index in [0.29, 0.717) is 10.8 Å². The van der Waals surface area contributed by atoms with E-state index in [4.69, 9.17) is 0 Å². The third-order valence-electron chi connectivity index (χ3n) is 3.07. The maximum atomic E-state index is 2.42. The minimum absolute atomic E-state index is 0.455. The van der Waals surface area contributed by atoms with E-state index >= 15 is 0 Å². The van der Waals surface area contributed by atoms with Gasteiger partial charge in [0.1, 0.15) is 0 Å². The van der Waals surface area contributed by atoms with Crippen molar-refractivity contribution in [2.75, 3.05) is 12.0 Å². The molecule has 0 rings (SSSR count). The summed E-state index contributed by atoms with van der Waals surface area (Å²) >= 11 is 1.96. The second-order valence-corrected chi connectivity index (χ2v) is 7.39. The van der Waals surface area contributed by atoms with Crippen molar-refractivity contribution in [3.05, 3.63) is 0 Å². The van der Waals surface area contributed by atoms with Crippen molar-refractivity contribution in [1.29, 1.82) is 0 Å². The lowest BCUT2D eigenvalue weighted by Crippen LogP contribution is -2.27. The Morgan fingerprint density at radius 1 is 1.07 bits per heavy atom. The molecule has 0 N–H and O–H groups in total. The Hall–Kier alpha value is 0.350. The Morgan fingerprint density at radius 2 is 1.57 bits per heavy atom. The molecule has 0 spiro atoms. The predicted molar refractivity (Wildman–Crippen MR) is 70.0 cm³/mol. The maximum Gasteiger partial charge on any atom is -0.00676 e. The standard InChI is InChI=1S/C13H28S/c1-11(8-9-14-7)13(5,6)10-12(2,3)4/h11H,8-10H2,1-7H3. The van der Waals surface area contributed by atoms with Gasteiger partial charge in [-0.1, -0.05) is 41.5 Å². The molecule has 0 aromatic rings. The quantitative estimate of drug-likeness (QED) is 0.634. The zero-order valence-corrected chi connectivity index (χ0v) is 11.9. The van der Waals surface area contributed by atoms with E-state index in [1.807, 2.05) is 11.8 Å². The summed E-state index contributed by atoms with van der Waals surface area (Å²) in [6, 6.07) is 0. The first kappa shape index (κ1) is 14.3. The Morgan fingerprint density at radius 3 is 1.93 bits per heavy atom. The molecule has 0 aliphatic rings. The van der Waals surface area contributed by atoms with Crippen LogP contribution in [0, 0.1) is 16.7 Å². The average molecular weight is 216 g/mol. The molecule has 0 saturated carbocycles. The van der Waals surface area contributed by atoms with Crippen LogP contribution in [-0.2, 0) is 0 Å². The van der Waals surface area contributed by atoms with E-state index in [1.165, 1.54) is 18.6 Å². The van der Waals surface area contributed by atoms with Gasteiger partial charge in [0.15, 0.2) is 0 Å². The summed E-state index contributed by atoms with van der Waals surface area (Å²) in [5, 5.41) is 0. The normalized spacial score (nSPS) is 15.6. The van der Waals surface area contributed by atoms with Gasteiger partial charge in [0.05, 0.1) is 0 Å². The molecule has 1 atom stereocenters. The Bertz CT molecular complexity index is 153. The van der Waals surface area contributed by atoms with Crippen LogP contribution in [0.25, 0.3) is 0 Å². The molecule has 0 aromatic carbocycles. The number of hydrogen-bond acceptors (Lipinski definition) is 1. The molecule has 0 fully saturated rings. The summed E-state index contributed by atoms with van der Waals surface area (Å²) in [6.45, 7) is 14.3. The lowest BCUT2D eigenvalue weighted by molar-refractivity contribution is 0.138. The van der Waals surface area contributed by atoms with Crippen molar-refractivity contribution in [3.8, 4) is 0 Å². The van der Waals surface area contributed by atoms with Crippen molar-refractivity contribution in [1.82, 2.24) is 0 Å². The van der Waals surface area contributed by atoms with Crippen LogP contribution in [0.2, 0.25) is 0 Å². The van der Waals surface area contributed by atoms with Crippen LogP contribution in [0.15, 0.2) is 0 Å². The summed E-state index contributed by atoms with van der Waals surface area (Å²) < 4.78 is 0. The fourth-order valence-corrected chi connectivity index (χ4v) is 2.82. The monoisotopic (exact) mass is 216 g/mol. The highest BCUT2D eigenvalue weighted by molar-refractivity contribution is 7.98. The minimum Gasteiger partial charge on any atom is -0.165 e. The molecule has 0 aliphatic heterocycles. The van der Waals surface area contributed by atoms with Crippen LogP contribution in [0.3, 0.4) is 0 Å². The van der Waals surface area contributed by atoms with E-state index in [-0.39, 0.29) is 0 Å². The smallest absolute Gasteiger partial charge is 0.00676 e. The molecular weight excluding hydrogens is 188 g/mol. The Kier molecular flexibility index (Phi) is 5.57. The predicted octanol–water partition coefficient (Wildman–Crippen LogP) is 4.84. The number of rotatable bonds is 5. The van der Waals surface area contributed by atoms with Gasteiger partial charge in [-0.25, -0.2) is 0 Å². The zero-order chi connectivity index (χ0) is 11.4. The highest BCUT2D eigenvalue weighted by Crippen LogP contribution is 2.40. The van der Waals surface area contributed by atoms with Crippen LogP contribution in [0.1, 0.15) is 54.4 Å². The molecule has 0 aliphatic carbocycles. The lowest BCUT2D eigenvalue weighted by atomic mass is 9.69. The molecule has 0 radical (unpaired) electrons. The largest absolute Gasteiger partial charge is 0.165 e. The van der Waals surface area contributed by atoms with Crippen molar-refractivity contribution in [2.45, 2.75) is 54.4 Å². The van der Waals surface area contributed by atoms with Crippen molar-refractivity contribution in [3.63, 3.8) is 0 Å². The first-order valence-corrected chi connectivity index (χ1v) is 7.07. The minimum atomic E-state index is 0.455. The molecule has 0 bridgehead atoms. The van der Waals surface area contributed by atoms with Gasteiger partial charge in [-0.05, 0) is 41.6 Å². The van der Waals surface area contributed by atoms with E-state index < -0.39 is 0 Å². The molecule has 0 amide bonds. The van der Waals surface area contributed by atoms with Gasteiger partial charge in [0.25, 0.3) is 0 Å². The first-order valence-electron chi connectivity index (χ1n) is 5.68. The summed E-state index contributed by atoms with van der Waals surface area (Å²) in [7, 11) is 0. The van der Waals surface area contributed by atoms with E-state index in [9.17, 15) is 0 Å². The SMILES string of the molecule is CSCCC(C)C(C)(C)CC(C)(C)C. The van der Waals surface area contributed by atoms with Gasteiger partial charge in [0.2, 0.25) is 0 Å². The van der Waals surface area contributed by atoms with Crippen molar-refractivity contribution < 1.29 is 0 Å². The van der Waals surface area contributed by atoms with Gasteiger partial charge in [0, 0.05) is 0 Å². The third kappa shape index (κ3) is 5.95. The van der Waals surface area contributed by atoms with Crippen LogP contribution in [0.4, 0.5) is 0 Å². The molecule has 14 heavy (non-hydrogen) atoms. The molecule has 0 saturated heterocycles. The number of thioether (sulfide) groups is 1. The van der Waals surface area contributed by atoms with E-state index in [0.717, 1.165) is 5.92 Å². The van der Waals surface area contributed by atoms with Crippen LogP contribution < -0.4 is 0 Å². The van der Waals surface area contributed by atoms with E-state index in [2.05, 4.69) is 47.8 Å². The fourth-order valence-electron chi connectivity index (χ4n) is 2.23. The molecular formula is C13H28S. The summed E-state index contributed by atoms with van der Waals surface area (Å²) in [6.07, 6.45) is 4.86. The van der Waals surface area contributed by atoms with Crippen LogP contribution in [-0.4, -0.2) is 12.0 Å². The number of hydrogen-bond donors (Lipinski definition) is 0. The highest BCUT2D eigenvalue weighted by Gasteiger charge is 2.30. The van der Waals surface area contributed by atoms with Gasteiger partial charge in [-0.15, -0.1) is 0 Å².